The zero-order valence-electron chi connectivity index (χ0n) is 12.9. The Morgan fingerprint density at radius 2 is 1.92 bits per heavy atom. The lowest BCUT2D eigenvalue weighted by molar-refractivity contribution is -0.141. The van der Waals surface area contributed by atoms with Crippen LogP contribution in [0.4, 0.5) is 23.5 Å². The van der Waals surface area contributed by atoms with E-state index >= 15 is 0 Å². The Kier molecular flexibility index (Phi) is 4.56. The summed E-state index contributed by atoms with van der Waals surface area (Å²) in [5, 5.41) is 2.65. The van der Waals surface area contributed by atoms with Crippen LogP contribution in [0.5, 0.6) is 0 Å². The van der Waals surface area contributed by atoms with Crippen LogP contribution in [0.3, 0.4) is 0 Å². The van der Waals surface area contributed by atoms with Gasteiger partial charge in [-0.15, -0.1) is 0 Å². The molecule has 25 heavy (non-hydrogen) atoms. The van der Waals surface area contributed by atoms with Gasteiger partial charge < -0.3 is 10.2 Å². The van der Waals surface area contributed by atoms with Crippen LogP contribution < -0.4 is 5.32 Å². The van der Waals surface area contributed by atoms with Gasteiger partial charge in [0.1, 0.15) is 17.6 Å². The number of carbonyl (C=O) groups excluding carboxylic acids is 1. The summed E-state index contributed by atoms with van der Waals surface area (Å²) in [6.07, 6.45) is -3.17. The van der Waals surface area contributed by atoms with Gasteiger partial charge in [0.15, 0.2) is 0 Å². The van der Waals surface area contributed by atoms with E-state index in [0.717, 1.165) is 17.8 Å². The Balaban J connectivity index is 1.65. The molecule has 1 aliphatic rings. The predicted molar refractivity (Wildman–Crippen MR) is 80.9 cm³/mol. The van der Waals surface area contributed by atoms with E-state index in [1.807, 2.05) is 0 Å². The van der Waals surface area contributed by atoms with Gasteiger partial charge in [0, 0.05) is 19.3 Å². The summed E-state index contributed by atoms with van der Waals surface area (Å²) in [7, 11) is 0. The van der Waals surface area contributed by atoms with E-state index in [4.69, 9.17) is 0 Å². The molecule has 2 aromatic rings. The number of anilines is 1. The van der Waals surface area contributed by atoms with Crippen molar-refractivity contribution in [1.29, 1.82) is 0 Å². The molecule has 1 amide bonds. The first-order chi connectivity index (χ1) is 11.8. The number of aromatic nitrogens is 2. The average molecular weight is 354 g/mol. The fourth-order valence-corrected chi connectivity index (χ4v) is 2.58. The third kappa shape index (κ3) is 4.04. The largest absolute Gasteiger partial charge is 0.433 e. The van der Waals surface area contributed by atoms with Crippen molar-refractivity contribution in [1.82, 2.24) is 14.9 Å². The van der Waals surface area contributed by atoms with Crippen molar-refractivity contribution in [3.8, 4) is 0 Å². The summed E-state index contributed by atoms with van der Waals surface area (Å²) < 4.78 is 50.9. The molecule has 1 N–H and O–H groups in total. The maximum atomic E-state index is 12.9. The average Bonchev–Trinajstić information content (AvgIpc) is 2.90. The number of likely N-dealkylation sites (tertiary alicyclic amines) is 1. The number of nitrogens with zero attached hydrogens (tertiary/aromatic N) is 3. The van der Waals surface area contributed by atoms with Crippen molar-refractivity contribution in [3.63, 3.8) is 0 Å². The van der Waals surface area contributed by atoms with E-state index in [2.05, 4.69) is 15.3 Å². The van der Waals surface area contributed by atoms with E-state index in [-0.39, 0.29) is 17.7 Å². The van der Waals surface area contributed by atoms with Gasteiger partial charge in [-0.2, -0.15) is 13.2 Å². The second-order valence-electron chi connectivity index (χ2n) is 5.64. The van der Waals surface area contributed by atoms with E-state index in [0.29, 0.717) is 19.5 Å². The van der Waals surface area contributed by atoms with Crippen LogP contribution >= 0.6 is 0 Å². The molecular weight excluding hydrogens is 340 g/mol. The molecule has 1 aliphatic heterocycles. The SMILES string of the molecule is O=C1C(Nc2nccc(C(F)(F)F)n2)CCN1Cc1ccc(F)cc1. The van der Waals surface area contributed by atoms with E-state index < -0.39 is 17.9 Å². The van der Waals surface area contributed by atoms with Gasteiger partial charge in [-0.3, -0.25) is 4.79 Å². The molecule has 1 unspecified atom stereocenters. The zero-order valence-corrected chi connectivity index (χ0v) is 12.9. The Bertz CT molecular complexity index is 763. The van der Waals surface area contributed by atoms with Crippen molar-refractivity contribution in [3.05, 3.63) is 53.6 Å². The number of hydrogen-bond acceptors (Lipinski definition) is 4. The number of hydrogen-bond donors (Lipinski definition) is 1. The fraction of sp³-hybridized carbons (Fsp3) is 0.312. The Labute approximate surface area is 140 Å². The number of halogens is 4. The molecule has 2 heterocycles. The van der Waals surface area contributed by atoms with Crippen LogP contribution in [0.2, 0.25) is 0 Å². The Morgan fingerprint density at radius 1 is 1.20 bits per heavy atom. The molecule has 132 valence electrons. The van der Waals surface area contributed by atoms with Crippen molar-refractivity contribution in [2.45, 2.75) is 25.2 Å². The number of nitrogens with one attached hydrogen (secondary N) is 1. The fourth-order valence-electron chi connectivity index (χ4n) is 2.58. The van der Waals surface area contributed by atoms with Crippen molar-refractivity contribution in [2.75, 3.05) is 11.9 Å². The smallest absolute Gasteiger partial charge is 0.342 e. The van der Waals surface area contributed by atoms with Crippen molar-refractivity contribution in [2.24, 2.45) is 0 Å². The van der Waals surface area contributed by atoms with Crippen LogP contribution in [0.1, 0.15) is 17.7 Å². The molecule has 0 bridgehead atoms. The van der Waals surface area contributed by atoms with Crippen LogP contribution in [-0.2, 0) is 17.5 Å². The molecule has 1 atom stereocenters. The maximum absolute atomic E-state index is 12.9. The number of alkyl halides is 3. The van der Waals surface area contributed by atoms with Crippen LogP contribution in [0, 0.1) is 5.82 Å². The van der Waals surface area contributed by atoms with Gasteiger partial charge in [-0.05, 0) is 30.2 Å². The molecule has 0 radical (unpaired) electrons. The van der Waals surface area contributed by atoms with Crippen molar-refractivity contribution < 1.29 is 22.4 Å². The summed E-state index contributed by atoms with van der Waals surface area (Å²) in [5.74, 6) is -0.861. The van der Waals surface area contributed by atoms with Gasteiger partial charge >= 0.3 is 6.18 Å². The van der Waals surface area contributed by atoms with E-state index in [1.54, 1.807) is 17.0 Å². The molecule has 1 aromatic heterocycles. The molecule has 9 heteroatoms. The predicted octanol–water partition coefficient (Wildman–Crippen LogP) is 2.85. The molecular formula is C16H14F4N4O. The molecule has 1 fully saturated rings. The second kappa shape index (κ2) is 6.66. The van der Waals surface area contributed by atoms with Gasteiger partial charge in [0.25, 0.3) is 0 Å². The quantitative estimate of drug-likeness (QED) is 0.858. The normalized spacial score (nSPS) is 17.8. The van der Waals surface area contributed by atoms with Gasteiger partial charge in [-0.1, -0.05) is 12.1 Å². The lowest BCUT2D eigenvalue weighted by Crippen LogP contribution is -2.33. The molecule has 1 aromatic carbocycles. The topological polar surface area (TPSA) is 58.1 Å². The van der Waals surface area contributed by atoms with Crippen LogP contribution in [-0.4, -0.2) is 33.4 Å². The monoisotopic (exact) mass is 354 g/mol. The van der Waals surface area contributed by atoms with Gasteiger partial charge in [0.2, 0.25) is 11.9 Å². The lowest BCUT2D eigenvalue weighted by atomic mass is 10.2. The third-order valence-corrected chi connectivity index (χ3v) is 3.83. The minimum atomic E-state index is -4.58. The van der Waals surface area contributed by atoms with Gasteiger partial charge in [-0.25, -0.2) is 14.4 Å². The minimum absolute atomic E-state index is 0.239. The first-order valence-corrected chi connectivity index (χ1v) is 7.53. The first-order valence-electron chi connectivity index (χ1n) is 7.53. The molecule has 0 aliphatic carbocycles. The highest BCUT2D eigenvalue weighted by molar-refractivity contribution is 5.86. The first kappa shape index (κ1) is 17.1. The third-order valence-electron chi connectivity index (χ3n) is 3.83. The van der Waals surface area contributed by atoms with Crippen LogP contribution in [0.25, 0.3) is 0 Å². The lowest BCUT2D eigenvalue weighted by Gasteiger charge is -2.17. The molecule has 1 saturated heterocycles. The Hall–Kier alpha value is -2.71. The summed E-state index contributed by atoms with van der Waals surface area (Å²) >= 11 is 0. The minimum Gasteiger partial charge on any atom is -0.342 e. The highest BCUT2D eigenvalue weighted by Crippen LogP contribution is 2.28. The molecule has 5 nitrogen and oxygen atoms in total. The van der Waals surface area contributed by atoms with Gasteiger partial charge in [0.05, 0.1) is 0 Å². The number of carbonyl (C=O) groups is 1. The standard InChI is InChI=1S/C16H14F4N4O/c17-11-3-1-10(2-4-11)9-24-8-6-12(14(24)25)22-15-21-7-5-13(23-15)16(18,19)20/h1-5,7,12H,6,8-9H2,(H,21,22,23). The highest BCUT2D eigenvalue weighted by Gasteiger charge is 2.35. The maximum Gasteiger partial charge on any atom is 0.433 e. The summed E-state index contributed by atoms with van der Waals surface area (Å²) in [4.78, 5) is 21.1. The zero-order chi connectivity index (χ0) is 18.0. The van der Waals surface area contributed by atoms with Crippen LogP contribution in [0.15, 0.2) is 36.5 Å². The summed E-state index contributed by atoms with van der Waals surface area (Å²) in [5.41, 5.74) is -0.302. The second-order valence-corrected chi connectivity index (χ2v) is 5.64. The number of rotatable bonds is 4. The number of benzene rings is 1. The highest BCUT2D eigenvalue weighted by atomic mass is 19.4. The summed E-state index contributed by atoms with van der Waals surface area (Å²) in [6, 6.07) is 5.86. The number of amides is 1. The Morgan fingerprint density at radius 3 is 2.60 bits per heavy atom. The van der Waals surface area contributed by atoms with E-state index in [9.17, 15) is 22.4 Å². The van der Waals surface area contributed by atoms with Crippen molar-refractivity contribution >= 4 is 11.9 Å². The molecule has 0 spiro atoms. The molecule has 0 saturated carbocycles. The molecule has 3 rings (SSSR count). The summed E-state index contributed by atoms with van der Waals surface area (Å²) in [6.45, 7) is 0.744. The van der Waals surface area contributed by atoms with E-state index in [1.165, 1.54) is 12.1 Å².